The third kappa shape index (κ3) is 4.56. The molecular formula is C18H16ClN3O3S. The zero-order chi connectivity index (χ0) is 18.5. The fraction of sp³-hybridized carbons (Fsp3) is 0.167. The van der Waals surface area contributed by atoms with E-state index in [1.807, 2.05) is 6.07 Å². The first-order valence-electron chi connectivity index (χ1n) is 7.80. The summed E-state index contributed by atoms with van der Waals surface area (Å²) in [6.45, 7) is 0. The summed E-state index contributed by atoms with van der Waals surface area (Å²) < 4.78 is 5.07. The largest absolute Gasteiger partial charge is 0.497 e. The number of aliphatic imine (C=N–C) groups is 1. The van der Waals surface area contributed by atoms with Crippen molar-refractivity contribution in [2.45, 2.75) is 11.7 Å². The van der Waals surface area contributed by atoms with E-state index < -0.39 is 5.25 Å². The molecule has 0 aliphatic carbocycles. The molecule has 2 N–H and O–H groups in total. The molecular weight excluding hydrogens is 374 g/mol. The Morgan fingerprint density at radius 2 is 2.00 bits per heavy atom. The van der Waals surface area contributed by atoms with Crippen molar-refractivity contribution in [3.05, 3.63) is 53.6 Å². The van der Waals surface area contributed by atoms with Crippen LogP contribution in [0.15, 0.2) is 53.5 Å². The van der Waals surface area contributed by atoms with Crippen LogP contribution in [0.2, 0.25) is 5.02 Å². The third-order valence-electron chi connectivity index (χ3n) is 3.60. The van der Waals surface area contributed by atoms with Gasteiger partial charge in [0.15, 0.2) is 5.17 Å². The topological polar surface area (TPSA) is 79.8 Å². The number of nitrogens with zero attached hydrogens (tertiary/aromatic N) is 1. The van der Waals surface area contributed by atoms with Crippen molar-refractivity contribution >= 4 is 51.7 Å². The maximum Gasteiger partial charge on any atom is 0.240 e. The molecule has 1 saturated heterocycles. The Morgan fingerprint density at radius 1 is 1.27 bits per heavy atom. The number of benzene rings is 2. The molecule has 1 aliphatic heterocycles. The summed E-state index contributed by atoms with van der Waals surface area (Å²) in [5.74, 6) is 0.210. The second kappa shape index (κ2) is 8.25. The number of para-hydroxylation sites is 1. The Kier molecular flexibility index (Phi) is 5.80. The minimum atomic E-state index is -0.533. The number of amides is 2. The van der Waals surface area contributed by atoms with Gasteiger partial charge in [-0.15, -0.1) is 0 Å². The van der Waals surface area contributed by atoms with Crippen LogP contribution in [-0.2, 0) is 9.59 Å². The molecule has 134 valence electrons. The molecule has 0 aromatic heterocycles. The van der Waals surface area contributed by atoms with Gasteiger partial charge in [0.2, 0.25) is 11.8 Å². The number of rotatable bonds is 5. The molecule has 1 heterocycles. The number of carbonyl (C=O) groups is 2. The SMILES string of the molecule is COc1ccc(NC(=O)C[C@@H]2SC(=Nc3ccccc3Cl)NC2=O)cc1. The number of hydrogen-bond donors (Lipinski definition) is 2. The average molecular weight is 390 g/mol. The van der Waals surface area contributed by atoms with Crippen LogP contribution >= 0.6 is 23.4 Å². The lowest BCUT2D eigenvalue weighted by molar-refractivity contribution is -0.122. The second-order valence-corrected chi connectivity index (χ2v) is 7.04. The molecule has 26 heavy (non-hydrogen) atoms. The van der Waals surface area contributed by atoms with Crippen LogP contribution in [0, 0.1) is 0 Å². The maximum absolute atomic E-state index is 12.2. The molecule has 0 saturated carbocycles. The summed E-state index contributed by atoms with van der Waals surface area (Å²) in [6, 6.07) is 14.1. The van der Waals surface area contributed by atoms with Crippen LogP contribution in [0.1, 0.15) is 6.42 Å². The van der Waals surface area contributed by atoms with Gasteiger partial charge in [-0.25, -0.2) is 4.99 Å². The number of thioether (sulfide) groups is 1. The van der Waals surface area contributed by atoms with Crippen molar-refractivity contribution in [3.63, 3.8) is 0 Å². The van der Waals surface area contributed by atoms with Gasteiger partial charge in [0.1, 0.15) is 11.0 Å². The highest BCUT2D eigenvalue weighted by Gasteiger charge is 2.32. The number of nitrogens with one attached hydrogen (secondary N) is 2. The summed E-state index contributed by atoms with van der Waals surface area (Å²) in [5, 5.41) is 5.85. The quantitative estimate of drug-likeness (QED) is 0.818. The minimum absolute atomic E-state index is 0.0457. The molecule has 2 amide bonds. The number of ether oxygens (including phenoxy) is 1. The number of methoxy groups -OCH3 is 1. The zero-order valence-corrected chi connectivity index (χ0v) is 15.4. The number of halogens is 1. The van der Waals surface area contributed by atoms with Crippen molar-refractivity contribution in [2.75, 3.05) is 12.4 Å². The van der Waals surface area contributed by atoms with Crippen molar-refractivity contribution in [2.24, 2.45) is 4.99 Å². The lowest BCUT2D eigenvalue weighted by Crippen LogP contribution is -2.28. The molecule has 3 rings (SSSR count). The Balaban J connectivity index is 1.60. The number of anilines is 1. The second-order valence-electron chi connectivity index (χ2n) is 5.44. The Hall–Kier alpha value is -2.51. The molecule has 0 spiro atoms. The molecule has 6 nitrogen and oxygen atoms in total. The Labute approximate surface area is 160 Å². The van der Waals surface area contributed by atoms with Gasteiger partial charge in [-0.1, -0.05) is 35.5 Å². The molecule has 0 bridgehead atoms. The van der Waals surface area contributed by atoms with Crippen LogP contribution in [0.4, 0.5) is 11.4 Å². The van der Waals surface area contributed by atoms with Gasteiger partial charge < -0.3 is 15.4 Å². The van der Waals surface area contributed by atoms with E-state index in [1.54, 1.807) is 49.6 Å². The molecule has 1 atom stereocenters. The molecule has 2 aromatic rings. The molecule has 2 aromatic carbocycles. The molecule has 1 fully saturated rings. The third-order valence-corrected chi connectivity index (χ3v) is 5.00. The highest BCUT2D eigenvalue weighted by molar-refractivity contribution is 8.15. The zero-order valence-electron chi connectivity index (χ0n) is 13.9. The summed E-state index contributed by atoms with van der Waals surface area (Å²) in [6.07, 6.45) is 0.0457. The highest BCUT2D eigenvalue weighted by Crippen LogP contribution is 2.29. The smallest absolute Gasteiger partial charge is 0.240 e. The van der Waals surface area contributed by atoms with Crippen LogP contribution < -0.4 is 15.4 Å². The van der Waals surface area contributed by atoms with E-state index in [1.165, 1.54) is 11.8 Å². The number of hydrogen-bond acceptors (Lipinski definition) is 5. The van der Waals surface area contributed by atoms with Crippen LogP contribution in [0.5, 0.6) is 5.75 Å². The van der Waals surface area contributed by atoms with E-state index in [-0.39, 0.29) is 18.2 Å². The van der Waals surface area contributed by atoms with E-state index >= 15 is 0 Å². The molecule has 8 heteroatoms. The van der Waals surface area contributed by atoms with Gasteiger partial charge in [-0.3, -0.25) is 9.59 Å². The molecule has 1 aliphatic rings. The summed E-state index contributed by atoms with van der Waals surface area (Å²) in [7, 11) is 1.57. The van der Waals surface area contributed by atoms with Crippen molar-refractivity contribution < 1.29 is 14.3 Å². The van der Waals surface area contributed by atoms with Gasteiger partial charge in [-0.2, -0.15) is 0 Å². The number of amidine groups is 1. The van der Waals surface area contributed by atoms with Crippen LogP contribution in [0.3, 0.4) is 0 Å². The monoisotopic (exact) mass is 389 g/mol. The summed E-state index contributed by atoms with van der Waals surface area (Å²) >= 11 is 7.29. The predicted molar refractivity (Wildman–Crippen MR) is 104 cm³/mol. The van der Waals surface area contributed by atoms with E-state index in [2.05, 4.69) is 15.6 Å². The maximum atomic E-state index is 12.2. The molecule has 0 radical (unpaired) electrons. The van der Waals surface area contributed by atoms with Crippen molar-refractivity contribution in [1.82, 2.24) is 5.32 Å². The van der Waals surface area contributed by atoms with Crippen molar-refractivity contribution in [1.29, 1.82) is 0 Å². The summed E-state index contributed by atoms with van der Waals surface area (Å²) in [5.41, 5.74) is 1.21. The van der Waals surface area contributed by atoms with E-state index in [0.717, 1.165) is 0 Å². The van der Waals surface area contributed by atoms with Gasteiger partial charge in [0.25, 0.3) is 0 Å². The van der Waals surface area contributed by atoms with Gasteiger partial charge in [-0.05, 0) is 36.4 Å². The summed E-state index contributed by atoms with van der Waals surface area (Å²) in [4.78, 5) is 28.6. The van der Waals surface area contributed by atoms with Gasteiger partial charge >= 0.3 is 0 Å². The lowest BCUT2D eigenvalue weighted by Gasteiger charge is -2.08. The lowest BCUT2D eigenvalue weighted by atomic mass is 10.2. The van der Waals surface area contributed by atoms with E-state index in [0.29, 0.717) is 27.3 Å². The predicted octanol–water partition coefficient (Wildman–Crippen LogP) is 3.60. The number of carbonyl (C=O) groups excluding carboxylic acids is 2. The molecule has 0 unspecified atom stereocenters. The van der Waals surface area contributed by atoms with Crippen LogP contribution in [-0.4, -0.2) is 29.3 Å². The fourth-order valence-corrected chi connectivity index (χ4v) is 3.46. The standard InChI is InChI=1S/C18H16ClN3O3S/c1-25-12-8-6-11(7-9-12)20-16(23)10-15-17(24)22-18(26-15)21-14-5-3-2-4-13(14)19/h2-9,15H,10H2,1H3,(H,20,23)(H,21,22,24)/t15-/m0/s1. The van der Waals surface area contributed by atoms with E-state index in [4.69, 9.17) is 16.3 Å². The average Bonchev–Trinajstić information content (AvgIpc) is 2.96. The first-order valence-corrected chi connectivity index (χ1v) is 9.05. The van der Waals surface area contributed by atoms with Gasteiger partial charge in [0, 0.05) is 12.1 Å². The minimum Gasteiger partial charge on any atom is -0.497 e. The van der Waals surface area contributed by atoms with Crippen LogP contribution in [0.25, 0.3) is 0 Å². The Bertz CT molecular complexity index is 855. The Morgan fingerprint density at radius 3 is 2.69 bits per heavy atom. The first-order chi connectivity index (χ1) is 12.5. The normalized spacial score (nSPS) is 17.8. The fourth-order valence-electron chi connectivity index (χ4n) is 2.30. The van der Waals surface area contributed by atoms with Gasteiger partial charge in [0.05, 0.1) is 17.8 Å². The van der Waals surface area contributed by atoms with E-state index in [9.17, 15) is 9.59 Å². The highest BCUT2D eigenvalue weighted by atomic mass is 35.5. The van der Waals surface area contributed by atoms with Crippen molar-refractivity contribution in [3.8, 4) is 5.75 Å². The first kappa shape index (κ1) is 18.3.